The summed E-state index contributed by atoms with van der Waals surface area (Å²) in [6, 6.07) is 7.19. The van der Waals surface area contributed by atoms with Crippen molar-refractivity contribution in [2.45, 2.75) is 6.50 Å². The van der Waals surface area contributed by atoms with Gasteiger partial charge in [-0.2, -0.15) is 13.1 Å². The number of rotatable bonds is 3. The number of nitrogens with one attached hydrogen (secondary N) is 1. The van der Waals surface area contributed by atoms with Gasteiger partial charge in [-0.15, -0.1) is 11.3 Å². The second kappa shape index (κ2) is 3.90. The molecule has 2 aromatic rings. The molecule has 6 heteroatoms. The van der Waals surface area contributed by atoms with Crippen LogP contribution >= 0.6 is 11.3 Å². The van der Waals surface area contributed by atoms with Crippen LogP contribution in [-0.2, 0) is 16.7 Å². The Morgan fingerprint density at radius 1 is 1.47 bits per heavy atom. The van der Waals surface area contributed by atoms with E-state index in [2.05, 4.69) is 0 Å². The van der Waals surface area contributed by atoms with Gasteiger partial charge in [0.25, 0.3) is 10.2 Å². The Balaban J connectivity index is 2.52. The van der Waals surface area contributed by atoms with Crippen LogP contribution in [0.15, 0.2) is 29.6 Å². The van der Waals surface area contributed by atoms with E-state index >= 15 is 0 Å². The minimum absolute atomic E-state index is 0.270. The highest BCUT2D eigenvalue weighted by Crippen LogP contribution is 2.25. The fourth-order valence-corrected chi connectivity index (χ4v) is 2.35. The molecule has 1 heterocycles. The van der Waals surface area contributed by atoms with Gasteiger partial charge in [-0.05, 0) is 22.4 Å². The van der Waals surface area contributed by atoms with Gasteiger partial charge in [0.15, 0.2) is 0 Å². The predicted octanol–water partition coefficient (Wildman–Crippen LogP) is 1.19. The maximum atomic E-state index is 10.9. The number of thiophene rings is 1. The fraction of sp³-hybridized carbons (Fsp3) is 0.111. The summed E-state index contributed by atoms with van der Waals surface area (Å²) in [4.78, 5) is 0. The lowest BCUT2D eigenvalue weighted by Crippen LogP contribution is -2.30. The maximum Gasteiger partial charge on any atom is 0.274 e. The molecule has 0 radical (unpaired) electrons. The lowest BCUT2D eigenvalue weighted by Gasteiger charge is -2.00. The van der Waals surface area contributed by atoms with Crippen LogP contribution in [0.1, 0.15) is 8.30 Å². The van der Waals surface area contributed by atoms with Crippen LogP contribution in [0.4, 0.5) is 0 Å². The van der Waals surface area contributed by atoms with Crippen LogP contribution in [-0.4, -0.2) is 8.42 Å². The van der Waals surface area contributed by atoms with Crippen LogP contribution in [0.3, 0.4) is 0 Å². The van der Waals surface area contributed by atoms with E-state index in [-0.39, 0.29) is 5.56 Å². The van der Waals surface area contributed by atoms with Crippen LogP contribution in [0.2, 0.25) is 0 Å². The molecule has 0 amide bonds. The lowest BCUT2D eigenvalue weighted by atomic mass is 10.2. The summed E-state index contributed by atoms with van der Waals surface area (Å²) in [6.07, 6.45) is 0. The topological polar surface area (TPSA) is 72.2 Å². The Bertz CT molecular complexity index is 652. The van der Waals surface area contributed by atoms with E-state index in [9.17, 15) is 8.42 Å². The average molecular weight is 246 g/mol. The van der Waals surface area contributed by atoms with Crippen LogP contribution in [0.5, 0.6) is 0 Å². The maximum absolute atomic E-state index is 10.9. The fourth-order valence-electron chi connectivity index (χ4n) is 1.20. The Morgan fingerprint density at radius 2 is 2.20 bits per heavy atom. The molecule has 15 heavy (non-hydrogen) atoms. The van der Waals surface area contributed by atoms with Gasteiger partial charge in [-0.25, -0.2) is 5.14 Å². The normalized spacial score (nSPS) is 15.0. The monoisotopic (exact) mass is 246 g/mol. The quantitative estimate of drug-likeness (QED) is 0.631. The number of hydrogen-bond acceptors (Lipinski definition) is 3. The van der Waals surface area contributed by atoms with Gasteiger partial charge in [0, 0.05) is 13.9 Å². The third-order valence-corrected chi connectivity index (χ3v) is 3.16. The molecule has 0 saturated carbocycles. The SMILES string of the molecule is [2H][13C]([2H])([15NH]S(N)(=O)=O)c1csc2ccccc12. The van der Waals surface area contributed by atoms with E-state index in [1.807, 2.05) is 12.1 Å². The van der Waals surface area contributed by atoms with E-state index in [4.69, 9.17) is 7.88 Å². The second-order valence-electron chi connectivity index (χ2n) is 2.92. The molecule has 0 unspecified atom stereocenters. The zero-order valence-corrected chi connectivity index (χ0v) is 9.23. The molecule has 0 aliphatic heterocycles. The molecule has 0 aliphatic rings. The summed E-state index contributed by atoms with van der Waals surface area (Å²) >= 11 is 1.35. The van der Waals surface area contributed by atoms with Crippen molar-refractivity contribution in [3.63, 3.8) is 0 Å². The zero-order valence-electron chi connectivity index (χ0n) is 9.60. The molecule has 0 atom stereocenters. The molecule has 0 fully saturated rings. The second-order valence-corrected chi connectivity index (χ2v) is 5.12. The number of nitrogens with two attached hydrogens (primary N) is 1. The average Bonchev–Trinajstić information content (AvgIpc) is 2.57. The molecule has 4 nitrogen and oxygen atoms in total. The van der Waals surface area contributed by atoms with Gasteiger partial charge in [-0.3, -0.25) is 0 Å². The van der Waals surface area contributed by atoms with Crippen LogP contribution < -0.4 is 9.86 Å². The summed E-state index contributed by atoms with van der Waals surface area (Å²) in [5.41, 5.74) is 0.270. The highest BCUT2D eigenvalue weighted by Gasteiger charge is 2.06. The van der Waals surface area contributed by atoms with Crippen molar-refractivity contribution in [2.24, 2.45) is 5.14 Å². The summed E-state index contributed by atoms with van der Waals surface area (Å²) in [5.74, 6) is 0. The van der Waals surface area contributed by atoms with Crippen molar-refractivity contribution in [1.29, 1.82) is 0 Å². The minimum Gasteiger partial charge on any atom is -0.216 e. The smallest absolute Gasteiger partial charge is 0.216 e. The van der Waals surface area contributed by atoms with Gasteiger partial charge in [0.1, 0.15) is 0 Å². The van der Waals surface area contributed by atoms with E-state index in [1.165, 1.54) is 11.3 Å². The number of hydrogen-bond donors (Lipinski definition) is 2. The molecule has 2 rings (SSSR count). The van der Waals surface area contributed by atoms with Crippen molar-refractivity contribution in [3.05, 3.63) is 35.2 Å². The largest absolute Gasteiger partial charge is 0.274 e. The molecular weight excluding hydrogens is 234 g/mol. The van der Waals surface area contributed by atoms with Crippen LogP contribution in [0.25, 0.3) is 10.1 Å². The number of benzene rings is 1. The van der Waals surface area contributed by atoms with Crippen molar-refractivity contribution < 1.29 is 11.2 Å². The zero-order chi connectivity index (χ0) is 12.7. The molecule has 80 valence electrons. The molecular formula is C9H10N2O2S2. The Morgan fingerprint density at radius 3 is 2.93 bits per heavy atom. The van der Waals surface area contributed by atoms with Gasteiger partial charge < -0.3 is 0 Å². The van der Waals surface area contributed by atoms with Crippen molar-refractivity contribution >= 4 is 31.6 Å². The Labute approximate surface area is 94.7 Å². The number of fused-ring (bicyclic) bond motifs is 1. The molecule has 1 aromatic carbocycles. The first-order valence-electron chi connectivity index (χ1n) is 5.08. The Hall–Kier alpha value is -0.950. The van der Waals surface area contributed by atoms with Crippen molar-refractivity contribution in [2.75, 3.05) is 0 Å². The summed E-state index contributed by atoms with van der Waals surface area (Å²) in [5, 5.41) is 7.06. The minimum atomic E-state index is -4.10. The lowest BCUT2D eigenvalue weighted by molar-refractivity contribution is 0.583. The molecule has 0 saturated heterocycles. The molecule has 1 aromatic heterocycles. The van der Waals surface area contributed by atoms with E-state index in [0.717, 1.165) is 4.70 Å². The highest BCUT2D eigenvalue weighted by molar-refractivity contribution is 7.87. The molecule has 0 aliphatic carbocycles. The van der Waals surface area contributed by atoms with Gasteiger partial charge >= 0.3 is 0 Å². The summed E-state index contributed by atoms with van der Waals surface area (Å²) < 4.78 is 39.9. The van der Waals surface area contributed by atoms with Crippen molar-refractivity contribution in [1.82, 2.24) is 4.72 Å². The first kappa shape index (κ1) is 8.23. The molecule has 0 spiro atoms. The van der Waals surface area contributed by atoms with Crippen molar-refractivity contribution in [3.8, 4) is 0 Å². The molecule has 3 N–H and O–H groups in total. The van der Waals surface area contributed by atoms with Gasteiger partial charge in [-0.1, -0.05) is 18.2 Å². The van der Waals surface area contributed by atoms with E-state index < -0.39 is 16.7 Å². The summed E-state index contributed by atoms with van der Waals surface area (Å²) in [6.45, 7) is -2.22. The summed E-state index contributed by atoms with van der Waals surface area (Å²) in [7, 11) is -4.10. The van der Waals surface area contributed by atoms with Gasteiger partial charge in [0.2, 0.25) is 0 Å². The van der Waals surface area contributed by atoms with E-state index in [1.54, 1.807) is 22.2 Å². The Kier molecular flexibility index (Phi) is 2.14. The van der Waals surface area contributed by atoms with E-state index in [0.29, 0.717) is 5.39 Å². The third-order valence-electron chi connectivity index (χ3n) is 1.81. The first-order chi connectivity index (χ1) is 7.80. The standard InChI is InChI=1S/C9H10N2O2S2/c10-15(12,13)11-5-7-6-14-9-4-2-1-3-8(7)9/h1-4,6,11H,5H2,(H2,10,12,13)/i5+1D2,11+1. The van der Waals surface area contributed by atoms with Crippen LogP contribution in [0, 0.1) is 0 Å². The molecule has 0 bridgehead atoms. The van der Waals surface area contributed by atoms with Gasteiger partial charge in [0.05, 0.1) is 0 Å². The predicted molar refractivity (Wildman–Crippen MR) is 61.8 cm³/mol. The highest BCUT2D eigenvalue weighted by atomic mass is 32.2. The first-order valence-corrected chi connectivity index (χ1v) is 6.50. The third kappa shape index (κ3) is 2.54.